The third-order valence-electron chi connectivity index (χ3n) is 1.79. The van der Waals surface area contributed by atoms with Crippen molar-refractivity contribution in [2.45, 2.75) is 32.6 Å². The Morgan fingerprint density at radius 3 is 2.53 bits per heavy atom. The summed E-state index contributed by atoms with van der Waals surface area (Å²) in [6.07, 6.45) is -4.37. The summed E-state index contributed by atoms with van der Waals surface area (Å²) < 4.78 is 36.9. The van der Waals surface area contributed by atoms with Crippen LogP contribution in [0, 0.1) is 0 Å². The van der Waals surface area contributed by atoms with Crippen LogP contribution in [0.3, 0.4) is 0 Å². The fourth-order valence-electron chi connectivity index (χ4n) is 1.04. The smallest absolute Gasteiger partial charge is 0.309 e. The molecule has 84 valence electrons. The van der Waals surface area contributed by atoms with E-state index in [1.54, 1.807) is 6.07 Å². The van der Waals surface area contributed by atoms with Crippen molar-refractivity contribution in [3.8, 4) is 0 Å². The van der Waals surface area contributed by atoms with Crippen LogP contribution in [0.15, 0.2) is 18.2 Å². The number of nitrogens with one attached hydrogen (secondary N) is 1. The topological polar surface area (TPSA) is 24.9 Å². The zero-order chi connectivity index (χ0) is 11.5. The highest BCUT2D eigenvalue weighted by molar-refractivity contribution is 5.13. The Kier molecular flexibility index (Phi) is 3.68. The van der Waals surface area contributed by atoms with Crippen LogP contribution in [0.1, 0.15) is 25.2 Å². The Morgan fingerprint density at radius 2 is 2.00 bits per heavy atom. The maximum atomic E-state index is 12.3. The number of halogens is 3. The number of pyridine rings is 1. The Labute approximate surface area is 86.5 Å². The van der Waals surface area contributed by atoms with E-state index >= 15 is 0 Å². The van der Waals surface area contributed by atoms with E-state index in [0.29, 0.717) is 12.2 Å². The third kappa shape index (κ3) is 3.87. The Bertz CT molecular complexity index is 321. The van der Waals surface area contributed by atoms with Crippen LogP contribution in [0.25, 0.3) is 0 Å². The largest absolute Gasteiger partial charge is 0.433 e. The van der Waals surface area contributed by atoms with Gasteiger partial charge in [0.1, 0.15) is 5.69 Å². The van der Waals surface area contributed by atoms with E-state index in [-0.39, 0.29) is 6.04 Å². The number of rotatable bonds is 3. The fraction of sp³-hybridized carbons (Fsp3) is 0.500. The Morgan fingerprint density at radius 1 is 1.33 bits per heavy atom. The molecule has 1 aromatic rings. The summed E-state index contributed by atoms with van der Waals surface area (Å²) in [7, 11) is 0. The number of hydrogen-bond acceptors (Lipinski definition) is 2. The molecule has 1 N–H and O–H groups in total. The van der Waals surface area contributed by atoms with Gasteiger partial charge in [0.15, 0.2) is 0 Å². The highest BCUT2D eigenvalue weighted by Gasteiger charge is 2.32. The van der Waals surface area contributed by atoms with E-state index in [0.717, 1.165) is 6.07 Å². The highest BCUT2D eigenvalue weighted by Crippen LogP contribution is 2.27. The van der Waals surface area contributed by atoms with E-state index in [2.05, 4.69) is 10.3 Å². The Balaban J connectivity index is 2.75. The van der Waals surface area contributed by atoms with Crippen LogP contribution >= 0.6 is 0 Å². The normalized spacial score (nSPS) is 12.1. The number of hydrogen-bond donors (Lipinski definition) is 1. The van der Waals surface area contributed by atoms with Crippen molar-refractivity contribution >= 4 is 0 Å². The van der Waals surface area contributed by atoms with Crippen molar-refractivity contribution in [2.24, 2.45) is 0 Å². The van der Waals surface area contributed by atoms with Gasteiger partial charge in [-0.3, -0.25) is 0 Å². The first kappa shape index (κ1) is 12.0. The average Bonchev–Trinajstić information content (AvgIpc) is 2.14. The first-order chi connectivity index (χ1) is 6.89. The molecule has 2 nitrogen and oxygen atoms in total. The zero-order valence-corrected chi connectivity index (χ0v) is 8.60. The second-order valence-corrected chi connectivity index (χ2v) is 3.55. The second kappa shape index (κ2) is 4.61. The van der Waals surface area contributed by atoms with Crippen molar-refractivity contribution in [3.05, 3.63) is 29.6 Å². The van der Waals surface area contributed by atoms with E-state index in [9.17, 15) is 13.2 Å². The summed E-state index contributed by atoms with van der Waals surface area (Å²) in [5, 5.41) is 3.01. The molecular weight excluding hydrogens is 205 g/mol. The second-order valence-electron chi connectivity index (χ2n) is 3.55. The molecule has 1 aromatic heterocycles. The van der Waals surface area contributed by atoms with Crippen LogP contribution in [0.4, 0.5) is 13.2 Å². The lowest BCUT2D eigenvalue weighted by molar-refractivity contribution is -0.141. The van der Waals surface area contributed by atoms with Crippen LogP contribution < -0.4 is 5.32 Å². The summed E-state index contributed by atoms with van der Waals surface area (Å²) in [6, 6.07) is 4.14. The van der Waals surface area contributed by atoms with Crippen LogP contribution in [-0.2, 0) is 12.7 Å². The molecule has 0 unspecified atom stereocenters. The number of aromatic nitrogens is 1. The molecule has 5 heteroatoms. The molecule has 1 rings (SSSR count). The summed E-state index contributed by atoms with van der Waals surface area (Å²) in [4.78, 5) is 3.53. The molecule has 0 aliphatic rings. The molecule has 0 amide bonds. The first-order valence-electron chi connectivity index (χ1n) is 4.66. The molecule has 15 heavy (non-hydrogen) atoms. The van der Waals surface area contributed by atoms with Gasteiger partial charge in [0.25, 0.3) is 0 Å². The van der Waals surface area contributed by atoms with Crippen LogP contribution in [-0.4, -0.2) is 11.0 Å². The van der Waals surface area contributed by atoms with Gasteiger partial charge >= 0.3 is 6.18 Å². The van der Waals surface area contributed by atoms with Crippen molar-refractivity contribution in [1.29, 1.82) is 0 Å². The van der Waals surface area contributed by atoms with Crippen molar-refractivity contribution < 1.29 is 13.2 Å². The molecule has 0 bridgehead atoms. The highest BCUT2D eigenvalue weighted by atomic mass is 19.4. The monoisotopic (exact) mass is 218 g/mol. The molecule has 0 radical (unpaired) electrons. The third-order valence-corrected chi connectivity index (χ3v) is 1.79. The van der Waals surface area contributed by atoms with Gasteiger partial charge < -0.3 is 5.32 Å². The summed E-state index contributed by atoms with van der Waals surface area (Å²) >= 11 is 0. The molecule has 1 heterocycles. The number of nitrogens with zero attached hydrogens (tertiary/aromatic N) is 1. The molecule has 0 aromatic carbocycles. The molecule has 0 saturated carbocycles. The lowest BCUT2D eigenvalue weighted by Crippen LogP contribution is -2.23. The molecule has 0 aliphatic carbocycles. The predicted molar refractivity (Wildman–Crippen MR) is 51.2 cm³/mol. The van der Waals surface area contributed by atoms with Gasteiger partial charge in [-0.25, -0.2) is 4.98 Å². The van der Waals surface area contributed by atoms with Gasteiger partial charge in [-0.1, -0.05) is 19.9 Å². The van der Waals surface area contributed by atoms with Gasteiger partial charge in [-0.2, -0.15) is 13.2 Å². The van der Waals surface area contributed by atoms with Gasteiger partial charge in [-0.05, 0) is 12.1 Å². The van der Waals surface area contributed by atoms with Gasteiger partial charge in [-0.15, -0.1) is 0 Å². The average molecular weight is 218 g/mol. The lowest BCUT2D eigenvalue weighted by Gasteiger charge is -2.10. The summed E-state index contributed by atoms with van der Waals surface area (Å²) in [5.41, 5.74) is -0.441. The van der Waals surface area contributed by atoms with Crippen molar-refractivity contribution in [3.63, 3.8) is 0 Å². The molecule has 0 atom stereocenters. The van der Waals surface area contributed by atoms with E-state index in [1.807, 2.05) is 13.8 Å². The standard InChI is InChI=1S/C10H13F3N2/c1-7(2)14-6-8-4-3-5-9(15-8)10(11,12)13/h3-5,7,14H,6H2,1-2H3. The van der Waals surface area contributed by atoms with E-state index < -0.39 is 11.9 Å². The predicted octanol–water partition coefficient (Wildman–Crippen LogP) is 2.60. The molecule has 0 aliphatic heterocycles. The van der Waals surface area contributed by atoms with Crippen molar-refractivity contribution in [2.75, 3.05) is 0 Å². The molecule has 0 spiro atoms. The van der Waals surface area contributed by atoms with Crippen molar-refractivity contribution in [1.82, 2.24) is 10.3 Å². The minimum Gasteiger partial charge on any atom is -0.309 e. The summed E-state index contributed by atoms with van der Waals surface area (Å²) in [5.74, 6) is 0. The fourth-order valence-corrected chi connectivity index (χ4v) is 1.04. The van der Waals surface area contributed by atoms with E-state index in [4.69, 9.17) is 0 Å². The molecule has 0 fully saturated rings. The zero-order valence-electron chi connectivity index (χ0n) is 8.60. The number of alkyl halides is 3. The van der Waals surface area contributed by atoms with E-state index in [1.165, 1.54) is 6.07 Å². The molecule has 0 saturated heterocycles. The quantitative estimate of drug-likeness (QED) is 0.843. The van der Waals surface area contributed by atoms with Crippen LogP contribution in [0.5, 0.6) is 0 Å². The van der Waals surface area contributed by atoms with Gasteiger partial charge in [0, 0.05) is 12.6 Å². The maximum absolute atomic E-state index is 12.3. The SMILES string of the molecule is CC(C)NCc1cccc(C(F)(F)F)n1. The molecular formula is C10H13F3N2. The maximum Gasteiger partial charge on any atom is 0.433 e. The minimum absolute atomic E-state index is 0.223. The van der Waals surface area contributed by atoms with Gasteiger partial charge in [0.05, 0.1) is 5.69 Å². The minimum atomic E-state index is -4.37. The lowest BCUT2D eigenvalue weighted by atomic mass is 10.3. The van der Waals surface area contributed by atoms with Crippen LogP contribution in [0.2, 0.25) is 0 Å². The summed E-state index contributed by atoms with van der Waals surface area (Å²) in [6.45, 7) is 4.20. The van der Waals surface area contributed by atoms with Gasteiger partial charge in [0.2, 0.25) is 0 Å². The Hall–Kier alpha value is -1.10. The first-order valence-corrected chi connectivity index (χ1v) is 4.66.